The summed E-state index contributed by atoms with van der Waals surface area (Å²) in [6, 6.07) is 16.2. The Morgan fingerprint density at radius 3 is 2.44 bits per heavy atom. The number of nitrogen functional groups attached to an aromatic ring is 1. The third kappa shape index (κ3) is 3.20. The number of anilines is 1. The summed E-state index contributed by atoms with van der Waals surface area (Å²) in [7, 11) is 1.68. The van der Waals surface area contributed by atoms with E-state index >= 15 is 0 Å². The summed E-state index contributed by atoms with van der Waals surface area (Å²) < 4.78 is 5.15. The monoisotopic (exact) mass is 259 g/mol. The van der Waals surface area contributed by atoms with Crippen LogP contribution in [-0.2, 0) is 0 Å². The molecule has 18 heavy (non-hydrogen) atoms. The fraction of sp³-hybridized carbons (Fsp3) is 0.200. The molecule has 0 bridgehead atoms. The lowest BCUT2D eigenvalue weighted by Gasteiger charge is -2.12. The highest BCUT2D eigenvalue weighted by molar-refractivity contribution is 7.99. The van der Waals surface area contributed by atoms with Gasteiger partial charge in [-0.2, -0.15) is 0 Å². The highest BCUT2D eigenvalue weighted by atomic mass is 32.2. The molecule has 2 aromatic rings. The molecule has 0 aliphatic heterocycles. The predicted octanol–water partition coefficient (Wildman–Crippen LogP) is 4.13. The average molecular weight is 259 g/mol. The van der Waals surface area contributed by atoms with E-state index in [0.717, 1.165) is 11.4 Å². The van der Waals surface area contributed by atoms with Gasteiger partial charge >= 0.3 is 0 Å². The minimum Gasteiger partial charge on any atom is -0.497 e. The lowest BCUT2D eigenvalue weighted by molar-refractivity contribution is 0.414. The molecule has 0 amide bonds. The van der Waals surface area contributed by atoms with Gasteiger partial charge in [0.1, 0.15) is 5.75 Å². The first kappa shape index (κ1) is 12.8. The minimum atomic E-state index is 0.377. The normalized spacial score (nSPS) is 12.1. The van der Waals surface area contributed by atoms with Crippen LogP contribution in [-0.4, -0.2) is 7.11 Å². The first-order chi connectivity index (χ1) is 8.69. The lowest BCUT2D eigenvalue weighted by atomic mass is 10.1. The SMILES string of the molecule is COc1ccc(SC(C)c2cccc(N)c2)cc1. The van der Waals surface area contributed by atoms with Crippen molar-refractivity contribution in [1.82, 2.24) is 0 Å². The topological polar surface area (TPSA) is 35.2 Å². The zero-order valence-corrected chi connectivity index (χ0v) is 11.4. The van der Waals surface area contributed by atoms with E-state index in [1.807, 2.05) is 42.1 Å². The smallest absolute Gasteiger partial charge is 0.118 e. The van der Waals surface area contributed by atoms with Gasteiger partial charge in [0.2, 0.25) is 0 Å². The zero-order chi connectivity index (χ0) is 13.0. The number of thioether (sulfide) groups is 1. The molecule has 0 saturated heterocycles. The van der Waals surface area contributed by atoms with Crippen LogP contribution in [0.25, 0.3) is 0 Å². The van der Waals surface area contributed by atoms with Crippen LogP contribution in [0, 0.1) is 0 Å². The standard InChI is InChI=1S/C15H17NOS/c1-11(12-4-3-5-13(16)10-12)18-15-8-6-14(17-2)7-9-15/h3-11H,16H2,1-2H3. The van der Waals surface area contributed by atoms with Gasteiger partial charge in [-0.15, -0.1) is 11.8 Å². The Hall–Kier alpha value is -1.61. The van der Waals surface area contributed by atoms with Crippen LogP contribution < -0.4 is 10.5 Å². The summed E-state index contributed by atoms with van der Waals surface area (Å²) in [6.45, 7) is 2.18. The first-order valence-electron chi connectivity index (χ1n) is 5.85. The second kappa shape index (κ2) is 5.83. The third-order valence-electron chi connectivity index (χ3n) is 2.75. The van der Waals surface area contributed by atoms with Crippen molar-refractivity contribution in [3.8, 4) is 5.75 Å². The molecule has 2 nitrogen and oxygen atoms in total. The first-order valence-corrected chi connectivity index (χ1v) is 6.73. The van der Waals surface area contributed by atoms with Gasteiger partial charge in [-0.1, -0.05) is 12.1 Å². The molecule has 0 aliphatic rings. The predicted molar refractivity (Wildman–Crippen MR) is 78.1 cm³/mol. The van der Waals surface area contributed by atoms with Crippen LogP contribution in [0.2, 0.25) is 0 Å². The molecule has 0 fully saturated rings. The van der Waals surface area contributed by atoms with E-state index < -0.39 is 0 Å². The van der Waals surface area contributed by atoms with Gasteiger partial charge in [0.05, 0.1) is 7.11 Å². The fourth-order valence-corrected chi connectivity index (χ4v) is 2.72. The Morgan fingerprint density at radius 1 is 1.11 bits per heavy atom. The van der Waals surface area contributed by atoms with E-state index in [4.69, 9.17) is 10.5 Å². The van der Waals surface area contributed by atoms with E-state index in [-0.39, 0.29) is 0 Å². The van der Waals surface area contributed by atoms with Gasteiger partial charge in [-0.25, -0.2) is 0 Å². The summed E-state index contributed by atoms with van der Waals surface area (Å²) in [5, 5.41) is 0.377. The lowest BCUT2D eigenvalue weighted by Crippen LogP contribution is -1.91. The van der Waals surface area contributed by atoms with Gasteiger partial charge in [0.25, 0.3) is 0 Å². The van der Waals surface area contributed by atoms with E-state index in [2.05, 4.69) is 25.1 Å². The highest BCUT2D eigenvalue weighted by Gasteiger charge is 2.07. The maximum Gasteiger partial charge on any atom is 0.118 e. The van der Waals surface area contributed by atoms with E-state index in [9.17, 15) is 0 Å². The molecule has 3 heteroatoms. The maximum absolute atomic E-state index is 5.80. The van der Waals surface area contributed by atoms with Crippen molar-refractivity contribution in [3.63, 3.8) is 0 Å². The average Bonchev–Trinajstić information content (AvgIpc) is 2.39. The number of rotatable bonds is 4. The number of ether oxygens (including phenoxy) is 1. The van der Waals surface area contributed by atoms with Crippen molar-refractivity contribution >= 4 is 17.4 Å². The van der Waals surface area contributed by atoms with Crippen LogP contribution >= 0.6 is 11.8 Å². The summed E-state index contributed by atoms with van der Waals surface area (Å²) >= 11 is 1.81. The van der Waals surface area contributed by atoms with Crippen LogP contribution in [0.4, 0.5) is 5.69 Å². The molecular weight excluding hydrogens is 242 g/mol. The van der Waals surface area contributed by atoms with Crippen molar-refractivity contribution in [2.45, 2.75) is 17.1 Å². The Morgan fingerprint density at radius 2 is 1.83 bits per heavy atom. The molecule has 2 aromatic carbocycles. The Balaban J connectivity index is 2.08. The van der Waals surface area contributed by atoms with E-state index in [1.165, 1.54) is 10.5 Å². The summed E-state index contributed by atoms with van der Waals surface area (Å²) in [5.41, 5.74) is 7.86. The number of hydrogen-bond donors (Lipinski definition) is 1. The Bertz CT molecular complexity index is 510. The summed E-state index contributed by atoms with van der Waals surface area (Å²) in [5.74, 6) is 0.885. The minimum absolute atomic E-state index is 0.377. The fourth-order valence-electron chi connectivity index (χ4n) is 1.74. The largest absolute Gasteiger partial charge is 0.497 e. The van der Waals surface area contributed by atoms with Crippen molar-refractivity contribution < 1.29 is 4.74 Å². The molecule has 0 saturated carbocycles. The van der Waals surface area contributed by atoms with Crippen LogP contribution in [0.3, 0.4) is 0 Å². The summed E-state index contributed by atoms with van der Waals surface area (Å²) in [6.07, 6.45) is 0. The number of nitrogens with two attached hydrogens (primary N) is 1. The van der Waals surface area contributed by atoms with Crippen LogP contribution in [0.15, 0.2) is 53.4 Å². The number of hydrogen-bond acceptors (Lipinski definition) is 3. The second-order valence-corrected chi connectivity index (χ2v) is 5.52. The zero-order valence-electron chi connectivity index (χ0n) is 10.6. The van der Waals surface area contributed by atoms with Gasteiger partial charge in [0.15, 0.2) is 0 Å². The molecule has 0 radical (unpaired) electrons. The van der Waals surface area contributed by atoms with Crippen molar-refractivity contribution in [1.29, 1.82) is 0 Å². The van der Waals surface area contributed by atoms with Crippen molar-refractivity contribution in [3.05, 3.63) is 54.1 Å². The Labute approximate surface area is 112 Å². The molecule has 2 rings (SSSR count). The van der Waals surface area contributed by atoms with Gasteiger partial charge in [-0.05, 0) is 48.9 Å². The van der Waals surface area contributed by atoms with E-state index in [0.29, 0.717) is 5.25 Å². The molecule has 0 heterocycles. The second-order valence-electron chi connectivity index (χ2n) is 4.11. The Kier molecular flexibility index (Phi) is 4.15. The van der Waals surface area contributed by atoms with Crippen LogP contribution in [0.1, 0.15) is 17.7 Å². The molecular formula is C15H17NOS. The van der Waals surface area contributed by atoms with Gasteiger partial charge in [0, 0.05) is 15.8 Å². The molecule has 1 atom stereocenters. The third-order valence-corrected chi connectivity index (χ3v) is 3.92. The van der Waals surface area contributed by atoms with Crippen molar-refractivity contribution in [2.75, 3.05) is 12.8 Å². The molecule has 0 aromatic heterocycles. The van der Waals surface area contributed by atoms with Gasteiger partial charge < -0.3 is 10.5 Å². The molecule has 0 spiro atoms. The molecule has 1 unspecified atom stereocenters. The quantitative estimate of drug-likeness (QED) is 0.662. The molecule has 2 N–H and O–H groups in total. The molecule has 94 valence electrons. The highest BCUT2D eigenvalue weighted by Crippen LogP contribution is 2.35. The molecule has 0 aliphatic carbocycles. The van der Waals surface area contributed by atoms with Crippen molar-refractivity contribution in [2.24, 2.45) is 0 Å². The van der Waals surface area contributed by atoms with E-state index in [1.54, 1.807) is 7.11 Å². The van der Waals surface area contributed by atoms with Gasteiger partial charge in [-0.3, -0.25) is 0 Å². The number of benzene rings is 2. The van der Waals surface area contributed by atoms with Crippen LogP contribution in [0.5, 0.6) is 5.75 Å². The summed E-state index contributed by atoms with van der Waals surface area (Å²) in [4.78, 5) is 1.23. The maximum atomic E-state index is 5.80. The number of methoxy groups -OCH3 is 1.